The predicted octanol–water partition coefficient (Wildman–Crippen LogP) is 6.16. The Bertz CT molecular complexity index is 1230. The van der Waals surface area contributed by atoms with Crippen molar-refractivity contribution in [3.63, 3.8) is 0 Å². The molecule has 2 N–H and O–H groups in total. The first-order chi connectivity index (χ1) is 14.9. The van der Waals surface area contributed by atoms with Gasteiger partial charge in [-0.2, -0.15) is 0 Å². The van der Waals surface area contributed by atoms with Crippen molar-refractivity contribution in [2.24, 2.45) is 5.73 Å². The molecule has 0 bridgehead atoms. The van der Waals surface area contributed by atoms with Crippen molar-refractivity contribution in [2.75, 3.05) is 0 Å². The highest BCUT2D eigenvalue weighted by Gasteiger charge is 2.20. The standard InChI is InChI=1S/C24H21Cl2N3O2/c1-15-19(24(27)30)13-22(29(15)11-5-8-16-6-3-2-4-7-16)23-14-21(28-31-23)18-10-9-17(25)12-20(18)26/h2-4,6-7,9-10,12-14H,5,8,11H2,1H3,(H2,27,30). The van der Waals surface area contributed by atoms with E-state index in [9.17, 15) is 4.79 Å². The average molecular weight is 454 g/mol. The summed E-state index contributed by atoms with van der Waals surface area (Å²) in [7, 11) is 0. The number of aromatic nitrogens is 2. The van der Waals surface area contributed by atoms with E-state index in [1.54, 1.807) is 24.3 Å². The molecule has 158 valence electrons. The number of halogens is 2. The molecular weight excluding hydrogens is 433 g/mol. The molecule has 0 aliphatic carbocycles. The summed E-state index contributed by atoms with van der Waals surface area (Å²) in [6.45, 7) is 2.60. The first kappa shape index (κ1) is 21.2. The Morgan fingerprint density at radius 1 is 1.10 bits per heavy atom. The van der Waals surface area contributed by atoms with Gasteiger partial charge in [-0.25, -0.2) is 0 Å². The Balaban J connectivity index is 1.65. The number of hydrogen-bond acceptors (Lipinski definition) is 3. The van der Waals surface area contributed by atoms with E-state index in [1.165, 1.54) is 5.56 Å². The molecular formula is C24H21Cl2N3O2. The summed E-state index contributed by atoms with van der Waals surface area (Å²) in [5.41, 5.74) is 10.2. The zero-order valence-electron chi connectivity index (χ0n) is 16.9. The number of benzene rings is 2. The summed E-state index contributed by atoms with van der Waals surface area (Å²) in [5, 5.41) is 5.21. The maximum Gasteiger partial charge on any atom is 0.250 e. The third-order valence-electron chi connectivity index (χ3n) is 5.29. The van der Waals surface area contributed by atoms with E-state index >= 15 is 0 Å². The highest BCUT2D eigenvalue weighted by atomic mass is 35.5. The fraction of sp³-hybridized carbons (Fsp3) is 0.167. The normalized spacial score (nSPS) is 11.1. The Kier molecular flexibility index (Phi) is 6.16. The SMILES string of the molecule is Cc1c(C(N)=O)cc(-c2cc(-c3ccc(Cl)cc3Cl)no2)n1CCCc1ccccc1. The molecule has 0 saturated heterocycles. The van der Waals surface area contributed by atoms with Crippen LogP contribution >= 0.6 is 23.2 Å². The number of primary amides is 1. The van der Waals surface area contributed by atoms with Crippen LogP contribution in [0.15, 0.2) is 65.2 Å². The van der Waals surface area contributed by atoms with Crippen molar-refractivity contribution in [1.29, 1.82) is 0 Å². The van der Waals surface area contributed by atoms with Crippen LogP contribution in [0.1, 0.15) is 28.0 Å². The number of aryl methyl sites for hydroxylation is 1. The van der Waals surface area contributed by atoms with Gasteiger partial charge in [0.15, 0.2) is 5.76 Å². The van der Waals surface area contributed by atoms with Crippen LogP contribution in [0.5, 0.6) is 0 Å². The molecule has 0 atom stereocenters. The molecule has 2 aromatic carbocycles. The molecule has 0 aliphatic heterocycles. The Morgan fingerprint density at radius 2 is 1.87 bits per heavy atom. The molecule has 1 amide bonds. The average Bonchev–Trinajstić information content (AvgIpc) is 3.34. The van der Waals surface area contributed by atoms with Gasteiger partial charge in [0.05, 0.1) is 16.3 Å². The first-order valence-corrected chi connectivity index (χ1v) is 10.7. The fourth-order valence-corrected chi connectivity index (χ4v) is 4.20. The highest BCUT2D eigenvalue weighted by molar-refractivity contribution is 6.36. The number of nitrogens with zero attached hydrogens (tertiary/aromatic N) is 2. The van der Waals surface area contributed by atoms with E-state index in [0.29, 0.717) is 33.6 Å². The van der Waals surface area contributed by atoms with Crippen molar-refractivity contribution in [3.05, 3.63) is 87.5 Å². The van der Waals surface area contributed by atoms with Gasteiger partial charge in [0.2, 0.25) is 0 Å². The minimum atomic E-state index is -0.471. The van der Waals surface area contributed by atoms with E-state index in [2.05, 4.69) is 21.9 Å². The van der Waals surface area contributed by atoms with E-state index in [4.69, 9.17) is 33.5 Å². The minimum Gasteiger partial charge on any atom is -0.366 e. The van der Waals surface area contributed by atoms with Gasteiger partial charge in [0, 0.05) is 28.9 Å². The molecule has 2 aromatic heterocycles. The maximum atomic E-state index is 11.9. The van der Waals surface area contributed by atoms with Crippen LogP contribution in [0.4, 0.5) is 0 Å². The van der Waals surface area contributed by atoms with Crippen LogP contribution in [-0.2, 0) is 13.0 Å². The van der Waals surface area contributed by atoms with E-state index in [0.717, 1.165) is 29.8 Å². The third kappa shape index (κ3) is 4.53. The molecule has 0 saturated carbocycles. The maximum absolute atomic E-state index is 11.9. The summed E-state index contributed by atoms with van der Waals surface area (Å²) in [6.07, 6.45) is 1.82. The van der Waals surface area contributed by atoms with Gasteiger partial charge in [-0.15, -0.1) is 0 Å². The molecule has 0 fully saturated rings. The number of carbonyl (C=O) groups excluding carboxylic acids is 1. The lowest BCUT2D eigenvalue weighted by atomic mass is 10.1. The molecule has 4 rings (SSSR count). The second-order valence-electron chi connectivity index (χ2n) is 7.33. The van der Waals surface area contributed by atoms with Crippen molar-refractivity contribution in [2.45, 2.75) is 26.3 Å². The molecule has 0 radical (unpaired) electrons. The molecule has 7 heteroatoms. The second-order valence-corrected chi connectivity index (χ2v) is 8.18. The number of hydrogen-bond donors (Lipinski definition) is 1. The highest BCUT2D eigenvalue weighted by Crippen LogP contribution is 2.34. The number of nitrogens with two attached hydrogens (primary N) is 1. The molecule has 4 aromatic rings. The summed E-state index contributed by atoms with van der Waals surface area (Å²) in [5.74, 6) is 0.0670. The monoisotopic (exact) mass is 453 g/mol. The van der Waals surface area contributed by atoms with Gasteiger partial charge in [-0.05, 0) is 49.6 Å². The predicted molar refractivity (Wildman–Crippen MR) is 123 cm³/mol. The molecule has 0 unspecified atom stereocenters. The number of rotatable bonds is 7. The topological polar surface area (TPSA) is 74.1 Å². The first-order valence-electron chi connectivity index (χ1n) is 9.90. The summed E-state index contributed by atoms with van der Waals surface area (Å²) in [4.78, 5) is 11.9. The van der Waals surface area contributed by atoms with Gasteiger partial charge >= 0.3 is 0 Å². The Morgan fingerprint density at radius 3 is 2.58 bits per heavy atom. The molecule has 31 heavy (non-hydrogen) atoms. The number of amides is 1. The van der Waals surface area contributed by atoms with Crippen molar-refractivity contribution >= 4 is 29.1 Å². The van der Waals surface area contributed by atoms with E-state index in [-0.39, 0.29) is 0 Å². The van der Waals surface area contributed by atoms with Gasteiger partial charge in [0.25, 0.3) is 5.91 Å². The van der Waals surface area contributed by atoms with Crippen LogP contribution in [0, 0.1) is 6.92 Å². The Labute approximate surface area is 190 Å². The van der Waals surface area contributed by atoms with Crippen LogP contribution in [0.2, 0.25) is 10.0 Å². The lowest BCUT2D eigenvalue weighted by Gasteiger charge is -2.10. The Hall–Kier alpha value is -3.02. The zero-order valence-corrected chi connectivity index (χ0v) is 18.5. The number of carbonyl (C=O) groups is 1. The lowest BCUT2D eigenvalue weighted by molar-refractivity contribution is 0.0999. The van der Waals surface area contributed by atoms with Crippen molar-refractivity contribution in [1.82, 2.24) is 9.72 Å². The van der Waals surface area contributed by atoms with Crippen LogP contribution in [0.3, 0.4) is 0 Å². The molecule has 2 heterocycles. The lowest BCUT2D eigenvalue weighted by Crippen LogP contribution is -2.12. The van der Waals surface area contributed by atoms with Gasteiger partial charge in [0.1, 0.15) is 5.69 Å². The molecule has 0 aliphatic rings. The van der Waals surface area contributed by atoms with Crippen molar-refractivity contribution in [3.8, 4) is 22.7 Å². The summed E-state index contributed by atoms with van der Waals surface area (Å²) < 4.78 is 7.68. The van der Waals surface area contributed by atoms with Crippen LogP contribution < -0.4 is 5.73 Å². The molecule has 0 spiro atoms. The van der Waals surface area contributed by atoms with Crippen LogP contribution in [0.25, 0.3) is 22.7 Å². The zero-order chi connectivity index (χ0) is 22.0. The molecule has 5 nitrogen and oxygen atoms in total. The largest absolute Gasteiger partial charge is 0.366 e. The fourth-order valence-electron chi connectivity index (χ4n) is 3.69. The van der Waals surface area contributed by atoms with E-state index < -0.39 is 5.91 Å². The van der Waals surface area contributed by atoms with Gasteiger partial charge < -0.3 is 14.8 Å². The summed E-state index contributed by atoms with van der Waals surface area (Å²) >= 11 is 12.3. The second kappa shape index (κ2) is 9.00. The van der Waals surface area contributed by atoms with E-state index in [1.807, 2.05) is 31.2 Å². The smallest absolute Gasteiger partial charge is 0.250 e. The van der Waals surface area contributed by atoms with Crippen molar-refractivity contribution < 1.29 is 9.32 Å². The van der Waals surface area contributed by atoms with Gasteiger partial charge in [-0.1, -0.05) is 58.7 Å². The quantitative estimate of drug-likeness (QED) is 0.364. The van der Waals surface area contributed by atoms with Crippen LogP contribution in [-0.4, -0.2) is 15.6 Å². The third-order valence-corrected chi connectivity index (χ3v) is 5.84. The van der Waals surface area contributed by atoms with Gasteiger partial charge in [-0.3, -0.25) is 4.79 Å². The minimum absolute atomic E-state index is 0.470. The summed E-state index contributed by atoms with van der Waals surface area (Å²) in [6, 6.07) is 19.1.